The van der Waals surface area contributed by atoms with Gasteiger partial charge in [0.1, 0.15) is 0 Å². The van der Waals surface area contributed by atoms with E-state index in [1.807, 2.05) is 20.8 Å². The zero-order valence-corrected chi connectivity index (χ0v) is 24.9. The summed E-state index contributed by atoms with van der Waals surface area (Å²) in [6.45, 7) is 25.1. The molecule has 0 aliphatic carbocycles. The third kappa shape index (κ3) is 13.3. The molecule has 0 radical (unpaired) electrons. The summed E-state index contributed by atoms with van der Waals surface area (Å²) in [5.41, 5.74) is -0.0714. The van der Waals surface area contributed by atoms with Crippen molar-refractivity contribution >= 4 is 6.16 Å². The first-order valence-electron chi connectivity index (χ1n) is 14.3. The van der Waals surface area contributed by atoms with E-state index >= 15 is 0 Å². The summed E-state index contributed by atoms with van der Waals surface area (Å²) in [5, 5.41) is 0. The molecule has 1 heterocycles. The fraction of sp³-hybridized carbons (Fsp3) is 0.967. The highest BCUT2D eigenvalue weighted by atomic mass is 17.4. The molecule has 5 heteroatoms. The summed E-state index contributed by atoms with van der Waals surface area (Å²) in [4.78, 5) is 23.7. The topological polar surface area (TPSA) is 60.6 Å². The molecule has 0 spiro atoms. The summed E-state index contributed by atoms with van der Waals surface area (Å²) in [6, 6.07) is 0. The predicted molar refractivity (Wildman–Crippen MR) is 144 cm³/mol. The van der Waals surface area contributed by atoms with Gasteiger partial charge in [0.25, 0.3) is 0 Å². The second kappa shape index (κ2) is 14.8. The molecule has 0 amide bonds. The Morgan fingerprint density at radius 1 is 0.743 bits per heavy atom. The Morgan fingerprint density at radius 2 is 1.29 bits per heavy atom. The number of rotatable bonds is 17. The van der Waals surface area contributed by atoms with Crippen LogP contribution in [0.2, 0.25) is 0 Å². The molecule has 0 N–H and O–H groups in total. The highest BCUT2D eigenvalue weighted by Crippen LogP contribution is 2.51. The first-order valence-corrected chi connectivity index (χ1v) is 14.3. The third-order valence-electron chi connectivity index (χ3n) is 7.10. The van der Waals surface area contributed by atoms with E-state index in [0.29, 0.717) is 31.0 Å². The van der Waals surface area contributed by atoms with Crippen molar-refractivity contribution in [3.63, 3.8) is 0 Å². The fourth-order valence-electron chi connectivity index (χ4n) is 5.54. The second-order valence-electron chi connectivity index (χ2n) is 13.9. The Hall–Kier alpha value is -0.810. The third-order valence-corrected chi connectivity index (χ3v) is 7.10. The van der Waals surface area contributed by atoms with Crippen molar-refractivity contribution in [2.75, 3.05) is 13.2 Å². The van der Waals surface area contributed by atoms with Crippen molar-refractivity contribution in [2.45, 2.75) is 127 Å². The van der Waals surface area contributed by atoms with Crippen molar-refractivity contribution in [1.82, 2.24) is 0 Å². The van der Waals surface area contributed by atoms with Gasteiger partial charge in [-0.25, -0.2) is 4.79 Å². The molecule has 1 aliphatic rings. The van der Waals surface area contributed by atoms with E-state index < -0.39 is 11.9 Å². The maximum atomic E-state index is 12.0. The van der Waals surface area contributed by atoms with Gasteiger partial charge in [-0.1, -0.05) is 89.0 Å². The van der Waals surface area contributed by atoms with E-state index in [9.17, 15) is 4.79 Å². The zero-order chi connectivity index (χ0) is 26.8. The molecule has 1 rings (SSSR count). The lowest BCUT2D eigenvalue weighted by Crippen LogP contribution is -2.35. The van der Waals surface area contributed by atoms with Gasteiger partial charge >= 0.3 is 6.16 Å². The van der Waals surface area contributed by atoms with Gasteiger partial charge in [-0.05, 0) is 67.1 Å². The molecule has 0 bridgehead atoms. The van der Waals surface area contributed by atoms with Gasteiger partial charge in [0.05, 0.1) is 13.2 Å². The second-order valence-corrected chi connectivity index (χ2v) is 13.9. The lowest BCUT2D eigenvalue weighted by Gasteiger charge is -2.30. The maximum absolute atomic E-state index is 12.0. The maximum Gasteiger partial charge on any atom is 0.508 e. The van der Waals surface area contributed by atoms with Crippen LogP contribution in [-0.2, 0) is 19.2 Å². The van der Waals surface area contributed by atoms with E-state index in [-0.39, 0.29) is 17.3 Å². The number of carbonyl (C=O) groups excluding carboxylic acids is 1. The van der Waals surface area contributed by atoms with Gasteiger partial charge < -0.3 is 9.47 Å². The highest BCUT2D eigenvalue weighted by molar-refractivity contribution is 5.59. The molecule has 0 saturated carbocycles. The zero-order valence-electron chi connectivity index (χ0n) is 24.9. The minimum absolute atomic E-state index is 0.0714. The van der Waals surface area contributed by atoms with E-state index in [1.54, 1.807) is 0 Å². The Kier molecular flexibility index (Phi) is 13.6. The van der Waals surface area contributed by atoms with Crippen LogP contribution < -0.4 is 0 Å². The van der Waals surface area contributed by atoms with Gasteiger partial charge in [0, 0.05) is 11.8 Å². The van der Waals surface area contributed by atoms with Gasteiger partial charge in [0.15, 0.2) is 0 Å². The van der Waals surface area contributed by atoms with Crippen molar-refractivity contribution in [1.29, 1.82) is 0 Å². The Bertz CT molecular complexity index is 590. The first-order chi connectivity index (χ1) is 16.1. The van der Waals surface area contributed by atoms with Crippen molar-refractivity contribution in [3.8, 4) is 0 Å². The van der Waals surface area contributed by atoms with Crippen LogP contribution in [-0.4, -0.2) is 25.2 Å². The SMILES string of the molecule is CC(C)CC(C)CCCC(C)C1(C(CC(C)COC(=O)OCC(C)(C)C)CC(C)CC(C)C)OO1. The minimum Gasteiger partial charge on any atom is -0.434 e. The fourth-order valence-corrected chi connectivity index (χ4v) is 5.54. The standard InChI is InChI=1S/C30H58O5/c1-21(2)15-23(5)13-12-14-26(8)30(34-35-30)27(17-24(6)16-22(3)4)18-25(7)19-32-28(31)33-20-29(9,10)11/h21-27H,12-20H2,1-11H3. The number of ether oxygens (including phenoxy) is 2. The van der Waals surface area contributed by atoms with Crippen LogP contribution in [0.4, 0.5) is 4.79 Å². The monoisotopic (exact) mass is 498 g/mol. The Labute approximate surface area is 217 Å². The molecule has 5 atom stereocenters. The quantitative estimate of drug-likeness (QED) is 0.114. The molecule has 1 aliphatic heterocycles. The highest BCUT2D eigenvalue weighted by Gasteiger charge is 2.59. The molecule has 1 fully saturated rings. The average molecular weight is 499 g/mol. The summed E-state index contributed by atoms with van der Waals surface area (Å²) < 4.78 is 10.7. The molecule has 1 saturated heterocycles. The normalized spacial score (nSPS) is 19.8. The van der Waals surface area contributed by atoms with Gasteiger partial charge in [0.2, 0.25) is 5.79 Å². The number of hydrogen-bond acceptors (Lipinski definition) is 5. The summed E-state index contributed by atoms with van der Waals surface area (Å²) in [5.74, 6) is 3.11. The minimum atomic E-state index is -0.575. The van der Waals surface area contributed by atoms with Crippen LogP contribution in [0, 0.1) is 46.8 Å². The van der Waals surface area contributed by atoms with E-state index in [2.05, 4.69) is 55.4 Å². The molecule has 5 nitrogen and oxygen atoms in total. The summed E-state index contributed by atoms with van der Waals surface area (Å²) in [6.07, 6.45) is 7.45. The van der Waals surface area contributed by atoms with Gasteiger partial charge in [-0.15, -0.1) is 0 Å². The number of hydrogen-bond donors (Lipinski definition) is 0. The summed E-state index contributed by atoms with van der Waals surface area (Å²) in [7, 11) is 0. The number of carbonyl (C=O) groups is 1. The van der Waals surface area contributed by atoms with Crippen molar-refractivity contribution < 1.29 is 24.0 Å². The van der Waals surface area contributed by atoms with Gasteiger partial charge in [-0.2, -0.15) is 9.78 Å². The van der Waals surface area contributed by atoms with E-state index in [4.69, 9.17) is 19.2 Å². The van der Waals surface area contributed by atoms with Crippen LogP contribution in [0.5, 0.6) is 0 Å². The van der Waals surface area contributed by atoms with Crippen LogP contribution in [0.25, 0.3) is 0 Å². The van der Waals surface area contributed by atoms with Crippen LogP contribution in [0.1, 0.15) is 121 Å². The van der Waals surface area contributed by atoms with Crippen LogP contribution in [0.15, 0.2) is 0 Å². The molecule has 0 aromatic carbocycles. The van der Waals surface area contributed by atoms with Crippen molar-refractivity contribution in [2.24, 2.45) is 46.8 Å². The smallest absolute Gasteiger partial charge is 0.434 e. The molecule has 0 aromatic heterocycles. The van der Waals surface area contributed by atoms with Gasteiger partial charge in [-0.3, -0.25) is 0 Å². The Balaban J connectivity index is 2.70. The van der Waals surface area contributed by atoms with Crippen LogP contribution >= 0.6 is 0 Å². The van der Waals surface area contributed by atoms with Crippen molar-refractivity contribution in [3.05, 3.63) is 0 Å². The molecule has 35 heavy (non-hydrogen) atoms. The molecular weight excluding hydrogens is 440 g/mol. The Morgan fingerprint density at radius 3 is 1.80 bits per heavy atom. The molecule has 5 unspecified atom stereocenters. The van der Waals surface area contributed by atoms with Crippen LogP contribution in [0.3, 0.4) is 0 Å². The van der Waals surface area contributed by atoms with E-state index in [0.717, 1.165) is 31.1 Å². The van der Waals surface area contributed by atoms with E-state index in [1.165, 1.54) is 25.7 Å². The largest absolute Gasteiger partial charge is 0.508 e. The average Bonchev–Trinajstić information content (AvgIpc) is 3.50. The summed E-state index contributed by atoms with van der Waals surface area (Å²) >= 11 is 0. The first kappa shape index (κ1) is 32.2. The molecule has 208 valence electrons. The molecule has 0 aromatic rings. The predicted octanol–water partition coefficient (Wildman–Crippen LogP) is 9.05. The molecular formula is C30H58O5. The lowest BCUT2D eigenvalue weighted by molar-refractivity contribution is 0.0198. The lowest BCUT2D eigenvalue weighted by atomic mass is 9.76.